The summed E-state index contributed by atoms with van der Waals surface area (Å²) in [7, 11) is 1.69. The Morgan fingerprint density at radius 1 is 0.944 bits per heavy atom. The molecule has 2 aromatic carbocycles. The van der Waals surface area contributed by atoms with Gasteiger partial charge in [0.1, 0.15) is 11.7 Å². The quantitative estimate of drug-likeness (QED) is 0.510. The van der Waals surface area contributed by atoms with E-state index in [1.807, 2.05) is 43.0 Å². The normalized spacial score (nSPS) is 20.4. The fraction of sp³-hybridized carbons (Fsp3) is 0.440. The summed E-state index contributed by atoms with van der Waals surface area (Å²) in [4.78, 5) is 31.3. The zero-order valence-electron chi connectivity index (χ0n) is 19.9. The SMILES string of the molecule is Cc1ccccc1N1C(C)N(C)C(=O)C12CCN(C(=O)c1cc(C(F)(F)F)cc(C(F)(F)F)c1)CC2. The van der Waals surface area contributed by atoms with Crippen molar-refractivity contribution in [2.45, 2.75) is 50.7 Å². The maximum Gasteiger partial charge on any atom is 0.416 e. The van der Waals surface area contributed by atoms with Crippen molar-refractivity contribution < 1.29 is 35.9 Å². The molecule has 36 heavy (non-hydrogen) atoms. The fourth-order valence-electron chi connectivity index (χ4n) is 5.19. The number of alkyl halides is 6. The Morgan fingerprint density at radius 2 is 1.47 bits per heavy atom. The highest BCUT2D eigenvalue weighted by Gasteiger charge is 2.56. The largest absolute Gasteiger partial charge is 0.416 e. The third kappa shape index (κ3) is 4.28. The number of aryl methyl sites for hydroxylation is 1. The number of hydrogen-bond acceptors (Lipinski definition) is 3. The van der Waals surface area contributed by atoms with Crippen LogP contribution >= 0.6 is 0 Å². The number of benzene rings is 2. The Kier molecular flexibility index (Phi) is 6.25. The van der Waals surface area contributed by atoms with Crippen molar-refractivity contribution in [1.82, 2.24) is 9.80 Å². The number of hydrogen-bond donors (Lipinski definition) is 0. The number of nitrogens with zero attached hydrogens (tertiary/aromatic N) is 3. The van der Waals surface area contributed by atoms with E-state index in [4.69, 9.17) is 0 Å². The van der Waals surface area contributed by atoms with Gasteiger partial charge in [-0.2, -0.15) is 26.3 Å². The van der Waals surface area contributed by atoms with Gasteiger partial charge in [-0.3, -0.25) is 9.59 Å². The second-order valence-corrected chi connectivity index (χ2v) is 9.32. The van der Waals surface area contributed by atoms with E-state index in [0.29, 0.717) is 12.1 Å². The lowest BCUT2D eigenvalue weighted by Crippen LogP contribution is -2.58. The minimum atomic E-state index is -5.05. The van der Waals surface area contributed by atoms with E-state index >= 15 is 0 Å². The van der Waals surface area contributed by atoms with Crippen molar-refractivity contribution in [2.24, 2.45) is 0 Å². The van der Waals surface area contributed by atoms with E-state index in [0.717, 1.165) is 11.3 Å². The molecule has 1 spiro atoms. The van der Waals surface area contributed by atoms with E-state index in [1.165, 1.54) is 4.90 Å². The number of halogens is 6. The van der Waals surface area contributed by atoms with Crippen molar-refractivity contribution in [3.63, 3.8) is 0 Å². The molecular formula is C25H25F6N3O2. The third-order valence-electron chi connectivity index (χ3n) is 7.20. The van der Waals surface area contributed by atoms with Gasteiger partial charge < -0.3 is 14.7 Å². The molecule has 0 N–H and O–H groups in total. The molecule has 11 heteroatoms. The highest BCUT2D eigenvalue weighted by molar-refractivity contribution is 5.97. The second-order valence-electron chi connectivity index (χ2n) is 9.32. The van der Waals surface area contributed by atoms with Crippen molar-refractivity contribution in [2.75, 3.05) is 25.0 Å². The molecule has 0 saturated carbocycles. The molecule has 0 aromatic heterocycles. The van der Waals surface area contributed by atoms with E-state index in [1.54, 1.807) is 11.9 Å². The first-order chi connectivity index (χ1) is 16.7. The van der Waals surface area contributed by atoms with E-state index in [-0.39, 0.29) is 44.1 Å². The molecule has 194 valence electrons. The minimum absolute atomic E-state index is 0.00351. The summed E-state index contributed by atoms with van der Waals surface area (Å²) in [5.41, 5.74) is -2.93. The van der Waals surface area contributed by atoms with Crippen LogP contribution in [-0.4, -0.2) is 53.5 Å². The van der Waals surface area contributed by atoms with Crippen LogP contribution in [0.3, 0.4) is 0 Å². The van der Waals surface area contributed by atoms with Crippen molar-refractivity contribution in [3.8, 4) is 0 Å². The molecule has 0 aliphatic carbocycles. The van der Waals surface area contributed by atoms with Gasteiger partial charge in [-0.25, -0.2) is 0 Å². The van der Waals surface area contributed by atoms with Crippen LogP contribution in [0.4, 0.5) is 32.0 Å². The average Bonchev–Trinajstić information content (AvgIpc) is 2.99. The van der Waals surface area contributed by atoms with Crippen LogP contribution in [0.25, 0.3) is 0 Å². The van der Waals surface area contributed by atoms with Gasteiger partial charge in [-0.1, -0.05) is 18.2 Å². The molecule has 0 radical (unpaired) electrons. The van der Waals surface area contributed by atoms with Crippen LogP contribution in [-0.2, 0) is 17.1 Å². The first kappa shape index (κ1) is 25.8. The highest BCUT2D eigenvalue weighted by atomic mass is 19.4. The Balaban J connectivity index is 1.64. The van der Waals surface area contributed by atoms with E-state index in [9.17, 15) is 35.9 Å². The molecule has 2 heterocycles. The summed E-state index contributed by atoms with van der Waals surface area (Å²) < 4.78 is 79.5. The lowest BCUT2D eigenvalue weighted by molar-refractivity contribution is -0.143. The van der Waals surface area contributed by atoms with Crippen LogP contribution in [0.1, 0.15) is 46.8 Å². The Bertz CT molecular complexity index is 1150. The zero-order chi connectivity index (χ0) is 26.6. The van der Waals surface area contributed by atoms with Crippen LogP contribution < -0.4 is 4.90 Å². The van der Waals surface area contributed by atoms with Gasteiger partial charge in [0.15, 0.2) is 0 Å². The zero-order valence-corrected chi connectivity index (χ0v) is 19.9. The summed E-state index contributed by atoms with van der Waals surface area (Å²) >= 11 is 0. The van der Waals surface area contributed by atoms with E-state index < -0.39 is 40.5 Å². The average molecular weight is 513 g/mol. The molecule has 2 amide bonds. The van der Waals surface area contributed by atoms with Crippen LogP contribution in [0.2, 0.25) is 0 Å². The lowest BCUT2D eigenvalue weighted by atomic mass is 9.84. The summed E-state index contributed by atoms with van der Waals surface area (Å²) in [5, 5.41) is 0. The number of amides is 2. The number of para-hydroxylation sites is 1. The molecule has 4 rings (SSSR count). The van der Waals surface area contributed by atoms with Gasteiger partial charge in [0.25, 0.3) is 5.91 Å². The van der Waals surface area contributed by atoms with E-state index in [2.05, 4.69) is 0 Å². The highest BCUT2D eigenvalue weighted by Crippen LogP contribution is 2.43. The molecule has 2 aliphatic heterocycles. The van der Waals surface area contributed by atoms with Crippen molar-refractivity contribution in [1.29, 1.82) is 0 Å². The summed E-state index contributed by atoms with van der Waals surface area (Å²) in [6.07, 6.45) is -10.0. The van der Waals surface area contributed by atoms with Crippen molar-refractivity contribution in [3.05, 3.63) is 64.7 Å². The second kappa shape index (κ2) is 8.70. The topological polar surface area (TPSA) is 43.9 Å². The molecule has 5 nitrogen and oxygen atoms in total. The number of rotatable bonds is 2. The number of carbonyl (C=O) groups is 2. The predicted molar refractivity (Wildman–Crippen MR) is 120 cm³/mol. The first-order valence-electron chi connectivity index (χ1n) is 11.4. The minimum Gasteiger partial charge on any atom is -0.338 e. The van der Waals surface area contributed by atoms with Crippen molar-refractivity contribution >= 4 is 17.5 Å². The standard InChI is InChI=1S/C25H25F6N3O2/c1-15-6-4-5-7-20(15)34-16(2)32(3)22(36)23(34)8-10-33(11-9-23)21(35)17-12-18(24(26,27)28)14-19(13-17)25(29,30)31/h4-7,12-14,16H,8-11H2,1-3H3. The van der Waals surface area contributed by atoms with Crippen LogP contribution in [0, 0.1) is 6.92 Å². The molecule has 2 saturated heterocycles. The lowest BCUT2D eigenvalue weighted by Gasteiger charge is -2.45. The van der Waals surface area contributed by atoms with Crippen LogP contribution in [0.5, 0.6) is 0 Å². The van der Waals surface area contributed by atoms with Gasteiger partial charge in [-0.05, 0) is 56.5 Å². The Hall–Kier alpha value is -3.24. The van der Waals surface area contributed by atoms with Gasteiger partial charge in [0.05, 0.1) is 11.1 Å². The van der Waals surface area contributed by atoms with Gasteiger partial charge >= 0.3 is 12.4 Å². The number of carbonyl (C=O) groups excluding carboxylic acids is 2. The maximum absolute atomic E-state index is 13.4. The summed E-state index contributed by atoms with van der Waals surface area (Å²) in [5.74, 6) is -1.07. The monoisotopic (exact) mass is 513 g/mol. The van der Waals surface area contributed by atoms with Gasteiger partial charge in [0, 0.05) is 31.4 Å². The molecule has 2 aromatic rings. The number of piperidine rings is 1. The third-order valence-corrected chi connectivity index (χ3v) is 7.20. The molecule has 1 unspecified atom stereocenters. The Morgan fingerprint density at radius 3 is 1.97 bits per heavy atom. The summed E-state index contributed by atoms with van der Waals surface area (Å²) in [6.45, 7) is 3.82. The number of likely N-dealkylation sites (tertiary alicyclic amines) is 1. The molecule has 2 aliphatic rings. The fourth-order valence-corrected chi connectivity index (χ4v) is 5.19. The van der Waals surface area contributed by atoms with Crippen LogP contribution in [0.15, 0.2) is 42.5 Å². The smallest absolute Gasteiger partial charge is 0.338 e. The predicted octanol–water partition coefficient (Wildman–Crippen LogP) is 5.33. The number of likely N-dealkylation sites (N-methyl/N-ethyl adjacent to an activating group) is 1. The molecule has 1 atom stereocenters. The van der Waals surface area contributed by atoms with Gasteiger partial charge in [-0.15, -0.1) is 0 Å². The molecular weight excluding hydrogens is 488 g/mol. The first-order valence-corrected chi connectivity index (χ1v) is 11.4. The number of anilines is 1. The molecule has 2 fully saturated rings. The molecule has 0 bridgehead atoms. The maximum atomic E-state index is 13.4. The summed E-state index contributed by atoms with van der Waals surface area (Å²) in [6, 6.07) is 8.44. The van der Waals surface area contributed by atoms with Gasteiger partial charge in [0.2, 0.25) is 5.91 Å². The Labute approximate surface area is 204 Å².